The molecule has 0 aliphatic heterocycles. The van der Waals surface area contributed by atoms with Crippen LogP contribution in [0.25, 0.3) is 23.3 Å². The van der Waals surface area contributed by atoms with Crippen LogP contribution in [-0.4, -0.2) is 0 Å². The van der Waals surface area contributed by atoms with Crippen molar-refractivity contribution < 1.29 is 0 Å². The van der Waals surface area contributed by atoms with Crippen LogP contribution in [0.4, 0.5) is 0 Å². The normalized spacial score (nSPS) is 23.3. The molecule has 6 rings (SSSR count). The molecule has 4 aliphatic rings. The zero-order valence-corrected chi connectivity index (χ0v) is 17.2. The van der Waals surface area contributed by atoms with Crippen molar-refractivity contribution in [1.82, 2.24) is 0 Å². The van der Waals surface area contributed by atoms with Gasteiger partial charge in [0.2, 0.25) is 0 Å². The molecule has 2 aromatic rings. The van der Waals surface area contributed by atoms with Gasteiger partial charge in [-0.2, -0.15) is 0 Å². The average Bonchev–Trinajstić information content (AvgIpc) is 3.27. The number of rotatable bonds is 0. The third-order valence-corrected chi connectivity index (χ3v) is 6.79. The Bertz CT molecular complexity index is 1240. The molecular formula is C29H24. The fourth-order valence-corrected chi connectivity index (χ4v) is 5.64. The summed E-state index contributed by atoms with van der Waals surface area (Å²) in [5, 5.41) is 0. The van der Waals surface area contributed by atoms with Gasteiger partial charge >= 0.3 is 0 Å². The Kier molecular flexibility index (Phi) is 3.17. The predicted molar refractivity (Wildman–Crippen MR) is 124 cm³/mol. The van der Waals surface area contributed by atoms with E-state index in [9.17, 15) is 0 Å². The first-order chi connectivity index (χ1) is 14.0. The summed E-state index contributed by atoms with van der Waals surface area (Å²) in [7, 11) is 0. The Balaban J connectivity index is 1.66. The highest BCUT2D eigenvalue weighted by Crippen LogP contribution is 2.64. The predicted octanol–water partition coefficient (Wildman–Crippen LogP) is 7.49. The second kappa shape index (κ2) is 5.48. The summed E-state index contributed by atoms with van der Waals surface area (Å²) >= 11 is 0. The zero-order chi connectivity index (χ0) is 19.8. The van der Waals surface area contributed by atoms with Crippen LogP contribution >= 0.6 is 0 Å². The maximum Gasteiger partial charge on any atom is 0.0615 e. The molecular weight excluding hydrogens is 348 g/mol. The lowest BCUT2D eigenvalue weighted by Gasteiger charge is -2.46. The zero-order valence-electron chi connectivity index (χ0n) is 17.2. The number of hydrogen-bond donors (Lipinski definition) is 0. The van der Waals surface area contributed by atoms with Gasteiger partial charge in [0, 0.05) is 0 Å². The third-order valence-electron chi connectivity index (χ3n) is 6.79. The summed E-state index contributed by atoms with van der Waals surface area (Å²) in [6.07, 6.45) is 16.6. The fourth-order valence-electron chi connectivity index (χ4n) is 5.64. The van der Waals surface area contributed by atoms with Gasteiger partial charge in [-0.3, -0.25) is 0 Å². The largest absolute Gasteiger partial charge is 0.0654 e. The van der Waals surface area contributed by atoms with Crippen LogP contribution < -0.4 is 0 Å². The molecule has 0 fully saturated rings. The highest BCUT2D eigenvalue weighted by atomic mass is 14.5. The van der Waals surface area contributed by atoms with Crippen molar-refractivity contribution in [1.29, 1.82) is 0 Å². The van der Waals surface area contributed by atoms with Crippen molar-refractivity contribution >= 4 is 23.3 Å². The summed E-state index contributed by atoms with van der Waals surface area (Å²) in [6, 6.07) is 17.6. The van der Waals surface area contributed by atoms with E-state index in [4.69, 9.17) is 0 Å². The average molecular weight is 373 g/mol. The van der Waals surface area contributed by atoms with Gasteiger partial charge in [0.05, 0.1) is 5.41 Å². The first kappa shape index (κ1) is 16.8. The van der Waals surface area contributed by atoms with Gasteiger partial charge in [0.15, 0.2) is 0 Å². The Morgan fingerprint density at radius 2 is 1.21 bits per heavy atom. The van der Waals surface area contributed by atoms with Gasteiger partial charge in [-0.25, -0.2) is 0 Å². The van der Waals surface area contributed by atoms with E-state index >= 15 is 0 Å². The second-order valence-electron chi connectivity index (χ2n) is 9.45. The molecule has 0 heterocycles. The van der Waals surface area contributed by atoms with Crippen molar-refractivity contribution in [2.45, 2.75) is 20.8 Å². The lowest BCUT2D eigenvalue weighted by molar-refractivity contribution is 0.428. The van der Waals surface area contributed by atoms with Crippen LogP contribution in [0, 0.1) is 10.8 Å². The van der Waals surface area contributed by atoms with Gasteiger partial charge in [0.25, 0.3) is 0 Å². The Labute approximate surface area is 173 Å². The topological polar surface area (TPSA) is 0 Å². The first-order valence-corrected chi connectivity index (χ1v) is 10.5. The van der Waals surface area contributed by atoms with Crippen molar-refractivity contribution in [2.75, 3.05) is 0 Å². The number of hydrogen-bond acceptors (Lipinski definition) is 0. The molecule has 0 radical (unpaired) electrons. The van der Waals surface area contributed by atoms with E-state index in [2.05, 4.69) is 112 Å². The summed E-state index contributed by atoms with van der Waals surface area (Å²) in [4.78, 5) is 0. The van der Waals surface area contributed by atoms with Crippen LogP contribution in [0.3, 0.4) is 0 Å². The molecule has 1 atom stereocenters. The van der Waals surface area contributed by atoms with Crippen LogP contribution in [0.2, 0.25) is 0 Å². The number of fused-ring (bicyclic) bond motifs is 8. The summed E-state index contributed by atoms with van der Waals surface area (Å²) in [6.45, 7) is 7.03. The summed E-state index contributed by atoms with van der Waals surface area (Å²) < 4.78 is 0. The number of allylic oxidation sites excluding steroid dienone is 10. The summed E-state index contributed by atoms with van der Waals surface area (Å²) in [5.41, 5.74) is 12.3. The maximum absolute atomic E-state index is 2.44. The molecule has 0 aromatic heterocycles. The van der Waals surface area contributed by atoms with Gasteiger partial charge in [-0.15, -0.1) is 0 Å². The molecule has 1 unspecified atom stereocenters. The minimum atomic E-state index is -0.218. The first-order valence-electron chi connectivity index (χ1n) is 10.5. The van der Waals surface area contributed by atoms with E-state index < -0.39 is 0 Å². The molecule has 4 aliphatic carbocycles. The molecule has 140 valence electrons. The lowest BCUT2D eigenvalue weighted by atomic mass is 9.56. The molecule has 0 bridgehead atoms. The van der Waals surface area contributed by atoms with Gasteiger partial charge < -0.3 is 0 Å². The highest BCUT2D eigenvalue weighted by molar-refractivity contribution is 6.06. The minimum absolute atomic E-state index is 0.0556. The Morgan fingerprint density at radius 3 is 1.79 bits per heavy atom. The van der Waals surface area contributed by atoms with E-state index in [1.165, 1.54) is 50.1 Å². The smallest absolute Gasteiger partial charge is 0.0615 e. The number of benzene rings is 2. The fraction of sp³-hybridized carbons (Fsp3) is 0.172. The molecule has 0 nitrogen and oxygen atoms in total. The van der Waals surface area contributed by atoms with Gasteiger partial charge in [-0.1, -0.05) is 99.7 Å². The van der Waals surface area contributed by atoms with Crippen LogP contribution in [0.15, 0.2) is 95.6 Å². The van der Waals surface area contributed by atoms with Crippen molar-refractivity contribution in [3.63, 3.8) is 0 Å². The van der Waals surface area contributed by atoms with E-state index in [0.29, 0.717) is 0 Å². The van der Waals surface area contributed by atoms with Gasteiger partial charge in [-0.05, 0) is 67.7 Å². The molecule has 1 spiro atoms. The minimum Gasteiger partial charge on any atom is -0.0654 e. The van der Waals surface area contributed by atoms with Crippen LogP contribution in [-0.2, 0) is 0 Å². The molecule has 2 aromatic carbocycles. The monoisotopic (exact) mass is 372 g/mol. The molecule has 29 heavy (non-hydrogen) atoms. The molecule has 0 saturated heterocycles. The van der Waals surface area contributed by atoms with Crippen LogP contribution in [0.1, 0.15) is 43.0 Å². The van der Waals surface area contributed by atoms with Gasteiger partial charge in [0.1, 0.15) is 0 Å². The lowest BCUT2D eigenvalue weighted by Crippen LogP contribution is -2.35. The van der Waals surface area contributed by atoms with Crippen molar-refractivity contribution in [3.05, 3.63) is 118 Å². The molecule has 0 saturated carbocycles. The second-order valence-corrected chi connectivity index (χ2v) is 9.45. The molecule has 0 amide bonds. The van der Waals surface area contributed by atoms with E-state index in [0.717, 1.165) is 0 Å². The highest BCUT2D eigenvalue weighted by Gasteiger charge is 2.50. The van der Waals surface area contributed by atoms with E-state index in [1.54, 1.807) is 0 Å². The molecule has 0 N–H and O–H groups in total. The van der Waals surface area contributed by atoms with Crippen LogP contribution in [0.5, 0.6) is 0 Å². The Hall–Kier alpha value is -3.12. The summed E-state index contributed by atoms with van der Waals surface area (Å²) in [5.74, 6) is 0. The third kappa shape index (κ3) is 2.09. The van der Waals surface area contributed by atoms with Crippen molar-refractivity contribution in [2.24, 2.45) is 10.8 Å². The maximum atomic E-state index is 2.44. The SMILES string of the molecule is CC(C)(C)C1=CC=C2C(=Cc3ccccc32)C12C=CC=C1C2=Cc2ccccc21. The van der Waals surface area contributed by atoms with E-state index in [-0.39, 0.29) is 10.8 Å². The molecule has 0 heteroatoms. The standard InChI is InChI=1S/C29H24/c1-28(2,3)27-15-14-24-22-12-7-5-10-20(22)18-26(24)29(27)16-8-13-23-21-11-6-4-9-19(21)17-25(23)29/h4-18H,1-3H3. The Morgan fingerprint density at radius 1 is 0.655 bits per heavy atom. The van der Waals surface area contributed by atoms with E-state index in [1.807, 2.05) is 0 Å². The quantitative estimate of drug-likeness (QED) is 0.449. The van der Waals surface area contributed by atoms with Crippen molar-refractivity contribution in [3.8, 4) is 0 Å².